The van der Waals surface area contributed by atoms with E-state index in [-0.39, 0.29) is 5.95 Å². The van der Waals surface area contributed by atoms with Gasteiger partial charge in [0.25, 0.3) is 0 Å². The van der Waals surface area contributed by atoms with Gasteiger partial charge in [-0.3, -0.25) is 0 Å². The summed E-state index contributed by atoms with van der Waals surface area (Å²) in [7, 11) is 3.72. The SMILES string of the molecule is CNc1nc(N)nc(N(C)CCCc2ccccc2)n1. The predicted octanol–water partition coefficient (Wildman–Crippen LogP) is 1.56. The maximum Gasteiger partial charge on any atom is 0.231 e. The molecule has 1 aromatic carbocycles. The quantitative estimate of drug-likeness (QED) is 0.831. The molecule has 0 aliphatic rings. The average molecular weight is 272 g/mol. The first-order valence-corrected chi connectivity index (χ1v) is 6.63. The molecular formula is C14H20N6. The van der Waals surface area contributed by atoms with Gasteiger partial charge in [0.15, 0.2) is 0 Å². The molecule has 0 spiro atoms. The number of hydrogen-bond donors (Lipinski definition) is 2. The van der Waals surface area contributed by atoms with Gasteiger partial charge < -0.3 is 16.0 Å². The number of anilines is 3. The van der Waals surface area contributed by atoms with E-state index in [4.69, 9.17) is 5.73 Å². The third kappa shape index (κ3) is 3.81. The highest BCUT2D eigenvalue weighted by Crippen LogP contribution is 2.11. The van der Waals surface area contributed by atoms with Crippen LogP contribution in [0.3, 0.4) is 0 Å². The number of aryl methyl sites for hydroxylation is 1. The molecule has 0 aliphatic carbocycles. The van der Waals surface area contributed by atoms with E-state index in [9.17, 15) is 0 Å². The lowest BCUT2D eigenvalue weighted by Crippen LogP contribution is -2.22. The molecule has 0 atom stereocenters. The Morgan fingerprint density at radius 3 is 2.60 bits per heavy atom. The second-order valence-electron chi connectivity index (χ2n) is 4.58. The highest BCUT2D eigenvalue weighted by atomic mass is 15.3. The summed E-state index contributed by atoms with van der Waals surface area (Å²) in [5.74, 6) is 1.31. The van der Waals surface area contributed by atoms with Crippen LogP contribution in [0.15, 0.2) is 30.3 Å². The van der Waals surface area contributed by atoms with Crippen LogP contribution < -0.4 is 16.0 Å². The average Bonchev–Trinajstić information content (AvgIpc) is 2.47. The van der Waals surface area contributed by atoms with Crippen LogP contribution in [0.1, 0.15) is 12.0 Å². The molecule has 1 aromatic heterocycles. The van der Waals surface area contributed by atoms with E-state index in [0.717, 1.165) is 19.4 Å². The van der Waals surface area contributed by atoms with Gasteiger partial charge in [0.2, 0.25) is 17.8 Å². The van der Waals surface area contributed by atoms with E-state index in [1.54, 1.807) is 7.05 Å². The summed E-state index contributed by atoms with van der Waals surface area (Å²) in [6, 6.07) is 10.4. The summed E-state index contributed by atoms with van der Waals surface area (Å²) in [4.78, 5) is 14.4. The van der Waals surface area contributed by atoms with Crippen LogP contribution in [0.5, 0.6) is 0 Å². The molecule has 0 bridgehead atoms. The van der Waals surface area contributed by atoms with Gasteiger partial charge in [-0.2, -0.15) is 15.0 Å². The van der Waals surface area contributed by atoms with Crippen molar-refractivity contribution in [3.8, 4) is 0 Å². The predicted molar refractivity (Wildman–Crippen MR) is 81.8 cm³/mol. The molecule has 0 radical (unpaired) electrons. The molecule has 106 valence electrons. The normalized spacial score (nSPS) is 10.3. The lowest BCUT2D eigenvalue weighted by atomic mass is 10.1. The standard InChI is InChI=1S/C14H20N6/c1-16-13-17-12(15)18-14(19-13)20(2)10-6-9-11-7-4-3-5-8-11/h3-5,7-8H,6,9-10H2,1-2H3,(H3,15,16,17,18,19). The zero-order chi connectivity index (χ0) is 14.4. The van der Waals surface area contributed by atoms with Crippen molar-refractivity contribution in [2.75, 3.05) is 36.6 Å². The molecule has 0 aliphatic heterocycles. The maximum absolute atomic E-state index is 5.66. The molecule has 2 rings (SSSR count). The van der Waals surface area contributed by atoms with Crippen molar-refractivity contribution in [1.29, 1.82) is 0 Å². The fourth-order valence-electron chi connectivity index (χ4n) is 1.93. The van der Waals surface area contributed by atoms with E-state index < -0.39 is 0 Å². The van der Waals surface area contributed by atoms with Crippen molar-refractivity contribution < 1.29 is 0 Å². The summed E-state index contributed by atoms with van der Waals surface area (Å²) in [5, 5.41) is 2.88. The van der Waals surface area contributed by atoms with E-state index in [1.165, 1.54) is 5.56 Å². The molecule has 3 N–H and O–H groups in total. The van der Waals surface area contributed by atoms with Crippen LogP contribution in [-0.4, -0.2) is 35.6 Å². The van der Waals surface area contributed by atoms with Crippen molar-refractivity contribution >= 4 is 17.8 Å². The third-order valence-electron chi connectivity index (χ3n) is 3.01. The first kappa shape index (κ1) is 14.0. The van der Waals surface area contributed by atoms with Crippen LogP contribution in [0, 0.1) is 0 Å². The number of nitrogen functional groups attached to an aromatic ring is 1. The van der Waals surface area contributed by atoms with Crippen molar-refractivity contribution in [3.05, 3.63) is 35.9 Å². The molecule has 0 saturated heterocycles. The summed E-state index contributed by atoms with van der Waals surface area (Å²) in [5.41, 5.74) is 7.00. The number of nitrogens with two attached hydrogens (primary N) is 1. The van der Waals surface area contributed by atoms with Crippen molar-refractivity contribution in [1.82, 2.24) is 15.0 Å². The molecule has 0 amide bonds. The van der Waals surface area contributed by atoms with Crippen LogP contribution >= 0.6 is 0 Å². The maximum atomic E-state index is 5.66. The van der Waals surface area contributed by atoms with Gasteiger partial charge in [-0.1, -0.05) is 30.3 Å². The smallest absolute Gasteiger partial charge is 0.231 e. The number of benzene rings is 1. The van der Waals surface area contributed by atoms with Crippen molar-refractivity contribution in [2.45, 2.75) is 12.8 Å². The van der Waals surface area contributed by atoms with Gasteiger partial charge in [0.1, 0.15) is 0 Å². The number of nitrogens with zero attached hydrogens (tertiary/aromatic N) is 4. The molecular weight excluding hydrogens is 252 g/mol. The van der Waals surface area contributed by atoms with Crippen LogP contribution in [0.25, 0.3) is 0 Å². The minimum atomic E-state index is 0.231. The molecule has 6 nitrogen and oxygen atoms in total. The highest BCUT2D eigenvalue weighted by Gasteiger charge is 2.08. The van der Waals surface area contributed by atoms with Gasteiger partial charge in [-0.25, -0.2) is 0 Å². The molecule has 0 fully saturated rings. The van der Waals surface area contributed by atoms with E-state index in [1.807, 2.05) is 18.0 Å². The monoisotopic (exact) mass is 272 g/mol. The van der Waals surface area contributed by atoms with Gasteiger partial charge in [-0.05, 0) is 18.4 Å². The fraction of sp³-hybridized carbons (Fsp3) is 0.357. The molecule has 1 heterocycles. The first-order valence-electron chi connectivity index (χ1n) is 6.63. The second kappa shape index (κ2) is 6.70. The van der Waals surface area contributed by atoms with Crippen molar-refractivity contribution in [2.24, 2.45) is 0 Å². The largest absolute Gasteiger partial charge is 0.368 e. The van der Waals surface area contributed by atoms with Gasteiger partial charge in [0, 0.05) is 20.6 Å². The Balaban J connectivity index is 1.91. The Kier molecular flexibility index (Phi) is 4.70. The molecule has 2 aromatic rings. The Hall–Kier alpha value is -2.37. The molecule has 6 heteroatoms. The van der Waals surface area contributed by atoms with Gasteiger partial charge in [0.05, 0.1) is 0 Å². The van der Waals surface area contributed by atoms with E-state index in [2.05, 4.69) is 44.5 Å². The second-order valence-corrected chi connectivity index (χ2v) is 4.58. The number of hydrogen-bond acceptors (Lipinski definition) is 6. The van der Waals surface area contributed by atoms with E-state index in [0.29, 0.717) is 11.9 Å². The lowest BCUT2D eigenvalue weighted by Gasteiger charge is -2.17. The van der Waals surface area contributed by atoms with Crippen LogP contribution in [0.2, 0.25) is 0 Å². The topological polar surface area (TPSA) is 80.0 Å². The highest BCUT2D eigenvalue weighted by molar-refractivity contribution is 5.40. The summed E-state index contributed by atoms with van der Waals surface area (Å²) < 4.78 is 0. The lowest BCUT2D eigenvalue weighted by molar-refractivity contribution is 0.764. The van der Waals surface area contributed by atoms with Crippen LogP contribution in [-0.2, 0) is 6.42 Å². The third-order valence-corrected chi connectivity index (χ3v) is 3.01. The summed E-state index contributed by atoms with van der Waals surface area (Å²) in [6.07, 6.45) is 2.06. The Labute approximate surface area is 119 Å². The fourth-order valence-corrected chi connectivity index (χ4v) is 1.93. The van der Waals surface area contributed by atoms with Crippen molar-refractivity contribution in [3.63, 3.8) is 0 Å². The zero-order valence-corrected chi connectivity index (χ0v) is 11.9. The first-order chi connectivity index (χ1) is 9.69. The number of nitrogens with one attached hydrogen (secondary N) is 1. The minimum Gasteiger partial charge on any atom is -0.368 e. The zero-order valence-electron chi connectivity index (χ0n) is 11.9. The Morgan fingerprint density at radius 1 is 1.15 bits per heavy atom. The molecule has 20 heavy (non-hydrogen) atoms. The van der Waals surface area contributed by atoms with E-state index >= 15 is 0 Å². The number of rotatable bonds is 6. The van der Waals surface area contributed by atoms with Crippen LogP contribution in [0.4, 0.5) is 17.8 Å². The minimum absolute atomic E-state index is 0.231. The van der Waals surface area contributed by atoms with Gasteiger partial charge in [-0.15, -0.1) is 0 Å². The molecule has 0 saturated carbocycles. The summed E-state index contributed by atoms with van der Waals surface area (Å²) in [6.45, 7) is 0.863. The molecule has 0 unspecified atom stereocenters. The Morgan fingerprint density at radius 2 is 1.90 bits per heavy atom. The van der Waals surface area contributed by atoms with Gasteiger partial charge >= 0.3 is 0 Å². The number of aromatic nitrogens is 3. The summed E-state index contributed by atoms with van der Waals surface area (Å²) >= 11 is 0. The Bertz CT molecular complexity index is 543.